The molecule has 6 heteroatoms. The Bertz CT molecular complexity index is 951. The summed E-state index contributed by atoms with van der Waals surface area (Å²) in [5.41, 5.74) is 3.52. The van der Waals surface area contributed by atoms with E-state index in [1.54, 1.807) is 0 Å². The van der Waals surface area contributed by atoms with E-state index in [0.717, 1.165) is 30.7 Å². The number of ether oxygens (including phenoxy) is 2. The summed E-state index contributed by atoms with van der Waals surface area (Å²) in [5, 5.41) is 3.20. The molecule has 27 heavy (non-hydrogen) atoms. The number of hydrogen-bond acceptors (Lipinski definition) is 6. The Morgan fingerprint density at radius 1 is 1.15 bits per heavy atom. The van der Waals surface area contributed by atoms with Crippen LogP contribution in [0.15, 0.2) is 48.5 Å². The smallest absolute Gasteiger partial charge is 0.360 e. The molecule has 0 amide bonds. The standard InChI is InChI=1S/C21H21N3O3/c1-14-8-10-15(11-9-14)22-20-19(21(25)27-13-16-5-4-12-26-16)23-17-6-2-3-7-18(17)24-20/h2-3,6-11,16H,4-5,12-13H2,1H3,(H,22,24). The summed E-state index contributed by atoms with van der Waals surface area (Å²) in [6.07, 6.45) is 1.87. The van der Waals surface area contributed by atoms with Crippen molar-refractivity contribution < 1.29 is 14.3 Å². The first kappa shape index (κ1) is 17.4. The molecule has 0 spiro atoms. The lowest BCUT2D eigenvalue weighted by Gasteiger charge is -2.13. The maximum Gasteiger partial charge on any atom is 0.360 e. The molecule has 1 aliphatic heterocycles. The lowest BCUT2D eigenvalue weighted by Crippen LogP contribution is -2.19. The third-order valence-corrected chi connectivity index (χ3v) is 4.50. The van der Waals surface area contributed by atoms with E-state index in [0.29, 0.717) is 16.9 Å². The molecule has 1 fully saturated rings. The first-order valence-corrected chi connectivity index (χ1v) is 9.08. The van der Waals surface area contributed by atoms with E-state index in [-0.39, 0.29) is 18.4 Å². The van der Waals surface area contributed by atoms with Crippen molar-refractivity contribution >= 4 is 28.5 Å². The summed E-state index contributed by atoms with van der Waals surface area (Å²) in [4.78, 5) is 21.8. The van der Waals surface area contributed by atoms with Crippen LogP contribution in [0.5, 0.6) is 0 Å². The lowest BCUT2D eigenvalue weighted by atomic mass is 10.2. The van der Waals surface area contributed by atoms with E-state index in [2.05, 4.69) is 15.3 Å². The van der Waals surface area contributed by atoms with Gasteiger partial charge in [0.05, 0.1) is 17.1 Å². The van der Waals surface area contributed by atoms with Crippen LogP contribution >= 0.6 is 0 Å². The van der Waals surface area contributed by atoms with Gasteiger partial charge in [0.1, 0.15) is 6.61 Å². The minimum atomic E-state index is -0.502. The molecule has 0 aliphatic carbocycles. The van der Waals surface area contributed by atoms with Gasteiger partial charge in [-0.15, -0.1) is 0 Å². The number of hydrogen-bond donors (Lipinski definition) is 1. The summed E-state index contributed by atoms with van der Waals surface area (Å²) >= 11 is 0. The molecule has 2 heterocycles. The zero-order valence-electron chi connectivity index (χ0n) is 15.1. The van der Waals surface area contributed by atoms with E-state index in [1.165, 1.54) is 0 Å². The second-order valence-corrected chi connectivity index (χ2v) is 6.63. The van der Waals surface area contributed by atoms with E-state index < -0.39 is 5.97 Å². The van der Waals surface area contributed by atoms with Crippen LogP contribution in [0.2, 0.25) is 0 Å². The molecule has 1 saturated heterocycles. The number of aromatic nitrogens is 2. The van der Waals surface area contributed by atoms with Crippen molar-refractivity contribution in [2.24, 2.45) is 0 Å². The Hall–Kier alpha value is -2.99. The third-order valence-electron chi connectivity index (χ3n) is 4.50. The van der Waals surface area contributed by atoms with Crippen molar-refractivity contribution in [1.82, 2.24) is 9.97 Å². The lowest BCUT2D eigenvalue weighted by molar-refractivity contribution is 0.0157. The van der Waals surface area contributed by atoms with Crippen molar-refractivity contribution in [3.63, 3.8) is 0 Å². The number of fused-ring (bicyclic) bond motifs is 1. The van der Waals surface area contributed by atoms with Gasteiger partial charge in [-0.05, 0) is 44.0 Å². The number of nitrogens with one attached hydrogen (secondary N) is 1. The van der Waals surface area contributed by atoms with E-state index in [9.17, 15) is 4.79 Å². The Morgan fingerprint density at radius 2 is 1.89 bits per heavy atom. The fourth-order valence-corrected chi connectivity index (χ4v) is 3.02. The van der Waals surface area contributed by atoms with Crippen LogP contribution in [-0.4, -0.2) is 35.3 Å². The molecule has 1 N–H and O–H groups in total. The maximum absolute atomic E-state index is 12.7. The number of carbonyl (C=O) groups is 1. The highest BCUT2D eigenvalue weighted by Crippen LogP contribution is 2.23. The largest absolute Gasteiger partial charge is 0.458 e. The quantitative estimate of drug-likeness (QED) is 0.690. The van der Waals surface area contributed by atoms with Crippen LogP contribution < -0.4 is 5.32 Å². The molecule has 4 rings (SSSR count). The average molecular weight is 363 g/mol. The second-order valence-electron chi connectivity index (χ2n) is 6.63. The van der Waals surface area contributed by atoms with Crippen molar-refractivity contribution in [2.75, 3.05) is 18.5 Å². The third kappa shape index (κ3) is 4.06. The number of rotatable bonds is 5. The van der Waals surface area contributed by atoms with Gasteiger partial charge in [0.25, 0.3) is 0 Å². The predicted molar refractivity (Wildman–Crippen MR) is 103 cm³/mol. The molecule has 3 aromatic rings. The molecule has 1 aromatic heterocycles. The summed E-state index contributed by atoms with van der Waals surface area (Å²) < 4.78 is 11.0. The van der Waals surface area contributed by atoms with Gasteiger partial charge in [0.15, 0.2) is 11.5 Å². The van der Waals surface area contributed by atoms with Crippen LogP contribution in [-0.2, 0) is 9.47 Å². The van der Waals surface area contributed by atoms with Gasteiger partial charge in [-0.3, -0.25) is 0 Å². The van der Waals surface area contributed by atoms with E-state index in [4.69, 9.17) is 9.47 Å². The Kier molecular flexibility index (Phi) is 4.98. The summed E-state index contributed by atoms with van der Waals surface area (Å²) in [6.45, 7) is 2.98. The predicted octanol–water partition coefficient (Wildman–Crippen LogP) is 4.02. The zero-order chi connectivity index (χ0) is 18.6. The minimum absolute atomic E-state index is 0.0316. The van der Waals surface area contributed by atoms with Gasteiger partial charge < -0.3 is 14.8 Å². The van der Waals surface area contributed by atoms with E-state index in [1.807, 2.05) is 55.5 Å². The van der Waals surface area contributed by atoms with Gasteiger partial charge in [-0.1, -0.05) is 29.8 Å². The van der Waals surface area contributed by atoms with E-state index >= 15 is 0 Å². The van der Waals surface area contributed by atoms with Gasteiger partial charge in [-0.25, -0.2) is 14.8 Å². The molecule has 0 saturated carbocycles. The number of anilines is 2. The number of carbonyl (C=O) groups excluding carboxylic acids is 1. The first-order valence-electron chi connectivity index (χ1n) is 9.08. The van der Waals surface area contributed by atoms with Gasteiger partial charge in [0, 0.05) is 12.3 Å². The van der Waals surface area contributed by atoms with Crippen molar-refractivity contribution in [1.29, 1.82) is 0 Å². The van der Waals surface area contributed by atoms with Crippen molar-refractivity contribution in [3.05, 3.63) is 59.8 Å². The minimum Gasteiger partial charge on any atom is -0.458 e. The number of nitrogens with zero attached hydrogens (tertiary/aromatic N) is 2. The average Bonchev–Trinajstić information content (AvgIpc) is 3.21. The number of aryl methyl sites for hydroxylation is 1. The van der Waals surface area contributed by atoms with Crippen molar-refractivity contribution in [3.8, 4) is 0 Å². The molecule has 6 nitrogen and oxygen atoms in total. The molecule has 138 valence electrons. The number of benzene rings is 2. The van der Waals surface area contributed by atoms with Crippen LogP contribution in [0.1, 0.15) is 28.9 Å². The van der Waals surface area contributed by atoms with Crippen LogP contribution in [0.25, 0.3) is 11.0 Å². The van der Waals surface area contributed by atoms with Gasteiger partial charge in [-0.2, -0.15) is 0 Å². The summed E-state index contributed by atoms with van der Waals surface area (Å²) in [6, 6.07) is 15.3. The van der Waals surface area contributed by atoms with Crippen LogP contribution in [0.3, 0.4) is 0 Å². The number of para-hydroxylation sites is 2. The Balaban J connectivity index is 1.63. The summed E-state index contributed by atoms with van der Waals surface area (Å²) in [7, 11) is 0. The molecule has 0 bridgehead atoms. The zero-order valence-corrected chi connectivity index (χ0v) is 15.1. The molecule has 1 atom stereocenters. The van der Waals surface area contributed by atoms with Crippen LogP contribution in [0, 0.1) is 6.92 Å². The highest BCUT2D eigenvalue weighted by molar-refractivity contribution is 5.96. The van der Waals surface area contributed by atoms with Crippen molar-refractivity contribution in [2.45, 2.75) is 25.9 Å². The normalized spacial score (nSPS) is 16.4. The summed E-state index contributed by atoms with van der Waals surface area (Å²) in [5.74, 6) is -0.117. The highest BCUT2D eigenvalue weighted by atomic mass is 16.6. The molecule has 1 unspecified atom stereocenters. The molecule has 1 aliphatic rings. The van der Waals surface area contributed by atoms with Crippen LogP contribution in [0.4, 0.5) is 11.5 Å². The fraction of sp³-hybridized carbons (Fsp3) is 0.286. The Morgan fingerprint density at radius 3 is 2.59 bits per heavy atom. The molecular weight excluding hydrogens is 342 g/mol. The first-order chi connectivity index (χ1) is 13.2. The second kappa shape index (κ2) is 7.72. The maximum atomic E-state index is 12.7. The fourth-order valence-electron chi connectivity index (χ4n) is 3.02. The molecular formula is C21H21N3O3. The van der Waals surface area contributed by atoms with Gasteiger partial charge in [0.2, 0.25) is 0 Å². The topological polar surface area (TPSA) is 73.3 Å². The Labute approximate surface area is 157 Å². The SMILES string of the molecule is Cc1ccc(Nc2nc3ccccc3nc2C(=O)OCC2CCCO2)cc1. The molecule has 2 aromatic carbocycles. The monoisotopic (exact) mass is 363 g/mol. The number of esters is 1. The van der Waals surface area contributed by atoms with Gasteiger partial charge >= 0.3 is 5.97 Å². The highest BCUT2D eigenvalue weighted by Gasteiger charge is 2.22. The molecule has 0 radical (unpaired) electrons.